The highest BCUT2D eigenvalue weighted by Gasteiger charge is 2.58. The second kappa shape index (κ2) is 8.54. The first-order valence-corrected chi connectivity index (χ1v) is 10.7. The third-order valence-electron chi connectivity index (χ3n) is 6.62. The highest BCUT2D eigenvalue weighted by molar-refractivity contribution is 5.79. The summed E-state index contributed by atoms with van der Waals surface area (Å²) in [5.41, 5.74) is 1.22. The van der Waals surface area contributed by atoms with Crippen molar-refractivity contribution in [2.24, 2.45) is 5.92 Å². The van der Waals surface area contributed by atoms with Crippen LogP contribution in [0.25, 0.3) is 11.1 Å². The summed E-state index contributed by atoms with van der Waals surface area (Å²) in [4.78, 5) is 12.3. The van der Waals surface area contributed by atoms with Gasteiger partial charge >= 0.3 is 12.3 Å². The van der Waals surface area contributed by atoms with Crippen molar-refractivity contribution in [3.05, 3.63) is 59.7 Å². The Labute approximate surface area is 179 Å². The number of alkyl carbamates (subject to hydrolysis) is 1. The second-order valence-electron chi connectivity index (χ2n) is 8.44. The van der Waals surface area contributed by atoms with Gasteiger partial charge in [-0.2, -0.15) is 13.2 Å². The van der Waals surface area contributed by atoms with E-state index in [-0.39, 0.29) is 12.5 Å². The molecule has 0 aromatic heterocycles. The molecule has 0 radical (unpaired) electrons. The minimum atomic E-state index is -4.83. The molecule has 2 aliphatic rings. The van der Waals surface area contributed by atoms with Crippen LogP contribution in [0, 0.1) is 5.92 Å². The van der Waals surface area contributed by atoms with E-state index in [2.05, 4.69) is 5.32 Å². The van der Waals surface area contributed by atoms with Crippen LogP contribution < -0.4 is 5.32 Å². The van der Waals surface area contributed by atoms with Crippen molar-refractivity contribution in [2.75, 3.05) is 13.2 Å². The normalized spacial score (nSPS) is 18.7. The molecule has 31 heavy (non-hydrogen) atoms. The zero-order valence-electron chi connectivity index (χ0n) is 17.1. The molecule has 0 heterocycles. The predicted molar refractivity (Wildman–Crippen MR) is 111 cm³/mol. The van der Waals surface area contributed by atoms with Gasteiger partial charge in [-0.1, -0.05) is 67.8 Å². The topological polar surface area (TPSA) is 58.6 Å². The van der Waals surface area contributed by atoms with Gasteiger partial charge in [-0.3, -0.25) is 0 Å². The number of hydrogen-bond donors (Lipinski definition) is 2. The maximum Gasteiger partial charge on any atom is 0.419 e. The Kier molecular flexibility index (Phi) is 5.97. The minimum Gasteiger partial charge on any atom is -0.449 e. The Hall–Kier alpha value is -2.54. The summed E-state index contributed by atoms with van der Waals surface area (Å²) >= 11 is 0. The van der Waals surface area contributed by atoms with Gasteiger partial charge in [0.05, 0.1) is 6.54 Å². The molecule has 1 saturated carbocycles. The largest absolute Gasteiger partial charge is 0.449 e. The van der Waals surface area contributed by atoms with Gasteiger partial charge in [-0.15, -0.1) is 0 Å². The van der Waals surface area contributed by atoms with Gasteiger partial charge in [0.25, 0.3) is 0 Å². The summed E-state index contributed by atoms with van der Waals surface area (Å²) in [6, 6.07) is 15.6. The Morgan fingerprint density at radius 1 is 0.968 bits per heavy atom. The van der Waals surface area contributed by atoms with E-state index in [1.807, 2.05) is 48.5 Å². The summed E-state index contributed by atoms with van der Waals surface area (Å²) in [6.45, 7) is -0.897. The van der Waals surface area contributed by atoms with Crippen molar-refractivity contribution >= 4 is 6.09 Å². The van der Waals surface area contributed by atoms with Crippen LogP contribution in [0.3, 0.4) is 0 Å². The molecule has 2 aliphatic carbocycles. The number of nitrogens with one attached hydrogen (secondary N) is 1. The monoisotopic (exact) mass is 433 g/mol. The molecule has 1 amide bonds. The number of benzene rings is 2. The van der Waals surface area contributed by atoms with Gasteiger partial charge in [0.2, 0.25) is 0 Å². The number of aliphatic hydroxyl groups is 1. The number of halogens is 3. The van der Waals surface area contributed by atoms with Crippen molar-refractivity contribution in [1.82, 2.24) is 5.32 Å². The van der Waals surface area contributed by atoms with Gasteiger partial charge < -0.3 is 15.2 Å². The Bertz CT molecular complexity index is 894. The van der Waals surface area contributed by atoms with Crippen LogP contribution in [0.2, 0.25) is 0 Å². The lowest BCUT2D eigenvalue weighted by Gasteiger charge is -2.39. The number of carbonyl (C=O) groups is 1. The molecule has 0 saturated heterocycles. The molecule has 166 valence electrons. The lowest BCUT2D eigenvalue weighted by molar-refractivity contribution is -0.279. The smallest absolute Gasteiger partial charge is 0.419 e. The van der Waals surface area contributed by atoms with Crippen LogP contribution in [-0.2, 0) is 4.74 Å². The van der Waals surface area contributed by atoms with E-state index >= 15 is 0 Å². The Balaban J connectivity index is 1.41. The summed E-state index contributed by atoms with van der Waals surface area (Å²) in [7, 11) is 0. The number of hydrogen-bond acceptors (Lipinski definition) is 3. The molecule has 4 rings (SSSR count). The molecule has 0 aliphatic heterocycles. The Morgan fingerprint density at radius 2 is 1.52 bits per heavy atom. The van der Waals surface area contributed by atoms with Crippen molar-refractivity contribution in [3.63, 3.8) is 0 Å². The maximum absolute atomic E-state index is 13.7. The fourth-order valence-electron chi connectivity index (χ4n) is 4.91. The maximum atomic E-state index is 13.7. The SMILES string of the molecule is O=C(NCC(O)(C1CCCCC1)C(F)(F)F)OCC1c2ccccc2-c2ccccc21. The highest BCUT2D eigenvalue weighted by Crippen LogP contribution is 2.45. The molecular weight excluding hydrogens is 407 g/mol. The highest BCUT2D eigenvalue weighted by atomic mass is 19.4. The fraction of sp³-hybridized carbons (Fsp3) is 0.458. The number of carbonyl (C=O) groups excluding carboxylic acids is 1. The van der Waals surface area contributed by atoms with E-state index in [9.17, 15) is 23.1 Å². The summed E-state index contributed by atoms with van der Waals surface area (Å²) in [6.07, 6.45) is -3.04. The van der Waals surface area contributed by atoms with E-state index in [0.717, 1.165) is 28.7 Å². The van der Waals surface area contributed by atoms with Crippen LogP contribution in [-0.4, -0.2) is 36.1 Å². The van der Waals surface area contributed by atoms with Gasteiger partial charge in [0.1, 0.15) is 6.61 Å². The van der Waals surface area contributed by atoms with E-state index < -0.39 is 30.3 Å². The second-order valence-corrected chi connectivity index (χ2v) is 8.44. The van der Waals surface area contributed by atoms with Crippen LogP contribution >= 0.6 is 0 Å². The van der Waals surface area contributed by atoms with Gasteiger partial charge in [-0.05, 0) is 41.0 Å². The molecule has 7 heteroatoms. The number of fused-ring (bicyclic) bond motifs is 3. The number of amides is 1. The van der Waals surface area contributed by atoms with Crippen molar-refractivity contribution in [2.45, 2.75) is 49.8 Å². The molecule has 2 aromatic carbocycles. The molecule has 2 N–H and O–H groups in total. The van der Waals surface area contributed by atoms with Crippen LogP contribution in [0.5, 0.6) is 0 Å². The first-order chi connectivity index (χ1) is 14.8. The zero-order valence-corrected chi connectivity index (χ0v) is 17.1. The van der Waals surface area contributed by atoms with Gasteiger partial charge in [-0.25, -0.2) is 4.79 Å². The van der Waals surface area contributed by atoms with Gasteiger partial charge in [0, 0.05) is 5.92 Å². The van der Waals surface area contributed by atoms with Crippen molar-refractivity contribution in [1.29, 1.82) is 0 Å². The average molecular weight is 433 g/mol. The predicted octanol–water partition coefficient (Wildman–Crippen LogP) is 5.40. The molecule has 1 fully saturated rings. The first kappa shape index (κ1) is 21.7. The molecule has 4 nitrogen and oxygen atoms in total. The fourth-order valence-corrected chi connectivity index (χ4v) is 4.91. The lowest BCUT2D eigenvalue weighted by atomic mass is 9.76. The van der Waals surface area contributed by atoms with E-state index in [0.29, 0.717) is 25.7 Å². The number of alkyl halides is 3. The molecular formula is C24H26F3NO3. The number of ether oxygens (including phenoxy) is 1. The summed E-state index contributed by atoms with van der Waals surface area (Å²) in [5.74, 6) is -1.10. The summed E-state index contributed by atoms with van der Waals surface area (Å²) in [5, 5.41) is 12.6. The Morgan fingerprint density at radius 3 is 2.06 bits per heavy atom. The first-order valence-electron chi connectivity index (χ1n) is 10.7. The molecule has 1 atom stereocenters. The van der Waals surface area contributed by atoms with Crippen LogP contribution in [0.4, 0.5) is 18.0 Å². The molecule has 0 bridgehead atoms. The van der Waals surface area contributed by atoms with Crippen molar-refractivity contribution < 1.29 is 27.8 Å². The average Bonchev–Trinajstić information content (AvgIpc) is 3.09. The van der Waals surface area contributed by atoms with E-state index in [1.165, 1.54) is 0 Å². The van der Waals surface area contributed by atoms with Crippen molar-refractivity contribution in [3.8, 4) is 11.1 Å². The third kappa shape index (κ3) is 4.15. The van der Waals surface area contributed by atoms with Gasteiger partial charge in [0.15, 0.2) is 5.60 Å². The summed E-state index contributed by atoms with van der Waals surface area (Å²) < 4.78 is 46.3. The van der Waals surface area contributed by atoms with Crippen LogP contribution in [0.15, 0.2) is 48.5 Å². The third-order valence-corrected chi connectivity index (χ3v) is 6.62. The minimum absolute atomic E-state index is 0.00767. The quantitative estimate of drug-likeness (QED) is 0.664. The standard InChI is InChI=1S/C24H26F3NO3/c25-24(26,27)23(30,16-8-2-1-3-9-16)15-28-22(29)31-14-21-19-12-6-4-10-17(19)18-11-5-7-13-20(18)21/h4-7,10-13,16,21,30H,1-3,8-9,14-15H2,(H,28,29). The van der Waals surface area contributed by atoms with E-state index in [1.54, 1.807) is 0 Å². The zero-order chi connectivity index (χ0) is 22.1. The number of rotatable bonds is 5. The molecule has 0 spiro atoms. The van der Waals surface area contributed by atoms with E-state index in [4.69, 9.17) is 4.74 Å². The molecule has 1 unspecified atom stereocenters. The molecule has 2 aromatic rings. The lowest BCUT2D eigenvalue weighted by Crippen LogP contribution is -2.58. The van der Waals surface area contributed by atoms with Crippen LogP contribution in [0.1, 0.15) is 49.1 Å².